The molecule has 6 unspecified atom stereocenters. The number of aliphatic hydroxyl groups is 6. The number of amides is 1. The minimum Gasteiger partial charge on any atom is -0.463 e. The summed E-state index contributed by atoms with van der Waals surface area (Å²) in [4.78, 5) is 114. The number of carbonyl (C=O) groups is 8. The maximum absolute atomic E-state index is 15.9. The molecule has 23 nitrogen and oxygen atoms in total. The first-order valence-electron chi connectivity index (χ1n) is 29.8. The largest absolute Gasteiger partial charge is 0.463 e. The summed E-state index contributed by atoms with van der Waals surface area (Å²) in [5.74, 6) is -9.25. The zero-order valence-electron chi connectivity index (χ0n) is 48.2. The Hall–Kier alpha value is -4.62. The van der Waals surface area contributed by atoms with Crippen LogP contribution in [-0.4, -0.2) is 176 Å². The molecule has 7 N–H and O–H groups in total. The highest BCUT2D eigenvalue weighted by atomic mass is 16.7. The number of hydrogen-bond acceptors (Lipinski definition) is 22. The third-order valence-corrected chi connectivity index (χ3v) is 19.7. The predicted octanol–water partition coefficient (Wildman–Crippen LogP) is 2.93. The average Bonchev–Trinajstić information content (AvgIpc) is 0.984. The third-order valence-electron chi connectivity index (χ3n) is 19.7. The van der Waals surface area contributed by atoms with E-state index in [0.29, 0.717) is 38.5 Å². The smallest absolute Gasteiger partial charge is 0.350 e. The Morgan fingerprint density at radius 2 is 1.33 bits per heavy atom. The number of hydrogen-bond donors (Lipinski definition) is 7. The van der Waals surface area contributed by atoms with E-state index in [1.807, 2.05) is 0 Å². The summed E-state index contributed by atoms with van der Waals surface area (Å²) in [6, 6.07) is -1.11. The van der Waals surface area contributed by atoms with Crippen molar-refractivity contribution in [1.29, 1.82) is 0 Å². The van der Waals surface area contributed by atoms with Crippen LogP contribution in [0.4, 0.5) is 0 Å². The number of esters is 6. The van der Waals surface area contributed by atoms with Crippen LogP contribution in [0.5, 0.6) is 0 Å². The normalized spacial score (nSPS) is 36.7. The second-order valence-corrected chi connectivity index (χ2v) is 25.3. The SMILES string of the molecule is CC(=O)O[C@H]1C(=O)[C@@]2(C)C([C@H](OC(=O)C3CCCCC3)[C@]3(O)C[C@H](OC(=O)[C@H](OC(=O)CCCCC(=O)OCC4OC(O)C(O)C(O)C4O)[C@@H](NC(=O)C4CCCCC4)C4CCCCC4)C(C)=C1C3(C)C)[C@]1(OC(C)=O)CO[C@@H]1C[C@@H]2O. The number of nitrogens with one attached hydrogen (secondary N) is 1. The molecule has 6 aliphatic carbocycles. The van der Waals surface area contributed by atoms with Crippen LogP contribution >= 0.6 is 0 Å². The second kappa shape index (κ2) is 25.9. The molecular weight excluding hydrogens is 1070 g/mol. The van der Waals surface area contributed by atoms with Gasteiger partial charge in [-0.15, -0.1) is 0 Å². The summed E-state index contributed by atoms with van der Waals surface area (Å²) in [5, 5.41) is 69.5. The molecule has 0 radical (unpaired) electrons. The Balaban J connectivity index is 1.15. The summed E-state index contributed by atoms with van der Waals surface area (Å²) in [6.45, 7) is 7.53. The zero-order chi connectivity index (χ0) is 59.6. The van der Waals surface area contributed by atoms with Crippen molar-refractivity contribution in [1.82, 2.24) is 5.32 Å². The Kier molecular flexibility index (Phi) is 20.0. The summed E-state index contributed by atoms with van der Waals surface area (Å²) < 4.78 is 47.8. The first-order valence-corrected chi connectivity index (χ1v) is 29.8. The third kappa shape index (κ3) is 12.5. The number of carbonyl (C=O) groups excluding carboxylic acids is 8. The number of ketones is 1. The van der Waals surface area contributed by atoms with Gasteiger partial charge in [0.1, 0.15) is 54.9 Å². The lowest BCUT2D eigenvalue weighted by Gasteiger charge is -2.67. The second-order valence-electron chi connectivity index (χ2n) is 25.3. The van der Waals surface area contributed by atoms with Crippen LogP contribution in [0.1, 0.15) is 176 Å². The lowest BCUT2D eigenvalue weighted by atomic mass is 9.44. The highest BCUT2D eigenvalue weighted by Gasteiger charge is 2.78. The minimum atomic E-state index is -2.41. The zero-order valence-corrected chi connectivity index (χ0v) is 48.2. The van der Waals surface area contributed by atoms with Crippen molar-refractivity contribution >= 4 is 47.5 Å². The van der Waals surface area contributed by atoms with Crippen LogP contribution in [0.25, 0.3) is 0 Å². The number of ether oxygens (including phenoxy) is 8. The quantitative estimate of drug-likeness (QED) is 0.0449. The maximum Gasteiger partial charge on any atom is 0.350 e. The Morgan fingerprint density at radius 1 is 0.732 bits per heavy atom. The molecule has 8 aliphatic rings. The van der Waals surface area contributed by atoms with Crippen molar-refractivity contribution in [2.24, 2.45) is 34.5 Å². The fraction of sp³-hybridized carbons (Fsp3) is 0.831. The first-order chi connectivity index (χ1) is 38.8. The van der Waals surface area contributed by atoms with E-state index in [-0.39, 0.29) is 67.6 Å². The Labute approximate surface area is 478 Å². The number of fused-ring (bicyclic) bond motifs is 5. The van der Waals surface area contributed by atoms with E-state index in [1.165, 1.54) is 6.92 Å². The average molecular weight is 1160 g/mol. The summed E-state index contributed by atoms with van der Waals surface area (Å²) in [5.41, 5.74) is -7.80. The van der Waals surface area contributed by atoms with Crippen LogP contribution in [0, 0.1) is 34.5 Å². The van der Waals surface area contributed by atoms with Crippen molar-refractivity contribution in [2.45, 2.75) is 261 Å². The van der Waals surface area contributed by atoms with Crippen LogP contribution in [0.3, 0.4) is 0 Å². The molecular formula is C59H87NO22. The number of rotatable bonds is 18. The molecule has 7 fully saturated rings. The van der Waals surface area contributed by atoms with E-state index in [0.717, 1.165) is 71.6 Å². The molecule has 0 aromatic rings. The minimum absolute atomic E-state index is 0.00344. The van der Waals surface area contributed by atoms with Gasteiger partial charge in [-0.05, 0) is 82.3 Å². The molecule has 460 valence electrons. The van der Waals surface area contributed by atoms with Crippen molar-refractivity contribution < 1.29 is 107 Å². The van der Waals surface area contributed by atoms with Gasteiger partial charge in [0.05, 0.1) is 36.0 Å². The van der Waals surface area contributed by atoms with Gasteiger partial charge in [-0.1, -0.05) is 71.6 Å². The van der Waals surface area contributed by atoms with E-state index in [2.05, 4.69) is 5.32 Å². The number of aliphatic hydroxyl groups excluding tert-OH is 5. The van der Waals surface area contributed by atoms with Crippen LogP contribution < -0.4 is 5.32 Å². The Bertz CT molecular complexity index is 2410. The van der Waals surface area contributed by atoms with Gasteiger partial charge in [0, 0.05) is 50.9 Å². The molecule has 0 aromatic heterocycles. The van der Waals surface area contributed by atoms with Gasteiger partial charge in [-0.25, -0.2) is 4.79 Å². The molecule has 23 heteroatoms. The van der Waals surface area contributed by atoms with E-state index < -0.39 is 162 Å². The highest BCUT2D eigenvalue weighted by molar-refractivity contribution is 5.95. The molecule has 5 saturated carbocycles. The van der Waals surface area contributed by atoms with E-state index in [4.69, 9.17) is 37.9 Å². The van der Waals surface area contributed by atoms with Gasteiger partial charge < -0.3 is 73.9 Å². The van der Waals surface area contributed by atoms with Gasteiger partial charge in [0.2, 0.25) is 12.0 Å². The van der Waals surface area contributed by atoms with Gasteiger partial charge >= 0.3 is 35.8 Å². The van der Waals surface area contributed by atoms with E-state index in [9.17, 15) is 59.4 Å². The standard InChI is InChI=1S/C59H87NO22/c1-30-36(27-59(74)51(81-53(71)35-22-14-9-15-23-35)49-57(6,38(63)26-39-58(49,29-76-39)82-32(3)62)50(69)47(77-31(2)61)42(30)56(59,4)5)78-55(73)48(43(33-18-10-7-11-19-33)60-52(70)34-20-12-8-13-21-34)80-41(65)25-17-16-24-40(64)75-28-37-44(66)45(67)46(68)54(72)79-37/h33-39,43-49,51,54,63,66-68,72,74H,7-29H2,1-6H3,(H,60,70)/t36-,37?,38-,39+,43-,44?,45?,46?,47+,48+,49?,51-,54?,57+,58-,59+/m0/s1. The highest BCUT2D eigenvalue weighted by Crippen LogP contribution is 2.64. The molecule has 2 bridgehead atoms. The molecule has 2 heterocycles. The lowest BCUT2D eigenvalue weighted by Crippen LogP contribution is -2.82. The predicted molar refractivity (Wildman–Crippen MR) is 283 cm³/mol. The monoisotopic (exact) mass is 1160 g/mol. The van der Waals surface area contributed by atoms with Gasteiger partial charge in [0.25, 0.3) is 0 Å². The molecule has 2 aliphatic heterocycles. The molecule has 8 rings (SSSR count). The molecule has 1 amide bonds. The topological polar surface area (TPSA) is 344 Å². The van der Waals surface area contributed by atoms with Crippen LogP contribution in [0.15, 0.2) is 11.1 Å². The lowest BCUT2D eigenvalue weighted by molar-refractivity contribution is -0.347. The molecule has 0 spiro atoms. The van der Waals surface area contributed by atoms with Gasteiger partial charge in [-0.2, -0.15) is 0 Å². The van der Waals surface area contributed by atoms with Gasteiger partial charge in [0.15, 0.2) is 23.8 Å². The van der Waals surface area contributed by atoms with Crippen molar-refractivity contribution in [3.05, 3.63) is 11.1 Å². The summed E-state index contributed by atoms with van der Waals surface area (Å²) >= 11 is 0. The van der Waals surface area contributed by atoms with Gasteiger partial charge in [-0.3, -0.25) is 33.6 Å². The summed E-state index contributed by atoms with van der Waals surface area (Å²) in [6.07, 6.45) is -8.60. The number of Topliss-reactive ketones (excluding diaryl/α,β-unsaturated/α-hetero) is 1. The molecule has 0 aromatic carbocycles. The Morgan fingerprint density at radius 3 is 1.91 bits per heavy atom. The molecule has 82 heavy (non-hydrogen) atoms. The first kappa shape index (κ1) is 63.4. The van der Waals surface area contributed by atoms with E-state index >= 15 is 9.59 Å². The van der Waals surface area contributed by atoms with E-state index in [1.54, 1.807) is 20.8 Å². The fourth-order valence-electron chi connectivity index (χ4n) is 14.9. The maximum atomic E-state index is 15.9. The molecule has 16 atom stereocenters. The van der Waals surface area contributed by atoms with Crippen LogP contribution in [0.2, 0.25) is 0 Å². The van der Waals surface area contributed by atoms with Crippen molar-refractivity contribution in [3.63, 3.8) is 0 Å². The number of unbranched alkanes of at least 4 members (excludes halogenated alkanes) is 1. The molecule has 2 saturated heterocycles. The van der Waals surface area contributed by atoms with Crippen LogP contribution in [-0.2, 0) is 76.3 Å². The fourth-order valence-corrected chi connectivity index (χ4v) is 14.9. The van der Waals surface area contributed by atoms with Crippen molar-refractivity contribution in [3.8, 4) is 0 Å². The summed E-state index contributed by atoms with van der Waals surface area (Å²) in [7, 11) is 0. The van der Waals surface area contributed by atoms with Crippen molar-refractivity contribution in [2.75, 3.05) is 13.2 Å².